The molecule has 0 fully saturated rings. The third-order valence-corrected chi connectivity index (χ3v) is 5.37. The molecule has 0 saturated heterocycles. The Morgan fingerprint density at radius 3 is 2.57 bits per heavy atom. The quantitative estimate of drug-likeness (QED) is 0.797. The maximum atomic E-state index is 13.2. The molecule has 0 spiro atoms. The highest BCUT2D eigenvalue weighted by molar-refractivity contribution is 6.05. The Hall–Kier alpha value is -3.19. The molecule has 2 atom stereocenters. The van der Waals surface area contributed by atoms with Crippen LogP contribution in [-0.2, 0) is 14.4 Å². The number of amides is 3. The lowest BCUT2D eigenvalue weighted by Gasteiger charge is -2.31. The zero-order chi connectivity index (χ0) is 21.8. The summed E-state index contributed by atoms with van der Waals surface area (Å²) in [4.78, 5) is 41.3. The minimum absolute atomic E-state index is 0.0509. The molecule has 3 rings (SSSR count). The fraction of sp³-hybridized carbons (Fsp3) is 0.348. The smallest absolute Gasteiger partial charge is 0.241 e. The minimum atomic E-state index is -0.507. The molecular formula is C23H28N4O3. The number of para-hydroxylation sites is 2. The highest BCUT2D eigenvalue weighted by atomic mass is 16.2. The van der Waals surface area contributed by atoms with Gasteiger partial charge in [0.25, 0.3) is 0 Å². The van der Waals surface area contributed by atoms with Crippen LogP contribution in [0.25, 0.3) is 0 Å². The third kappa shape index (κ3) is 4.86. The SMILES string of the molecule is Cc1ccc(NC(=O)[C@@H](C)N(C)CC(=O)N2c3ccccc3NC(=O)C[C@H]2C)cc1. The molecule has 30 heavy (non-hydrogen) atoms. The van der Waals surface area contributed by atoms with E-state index in [0.717, 1.165) is 11.3 Å². The average Bonchev–Trinajstić information content (AvgIpc) is 2.83. The zero-order valence-electron chi connectivity index (χ0n) is 17.8. The van der Waals surface area contributed by atoms with Crippen LogP contribution in [-0.4, -0.2) is 48.3 Å². The van der Waals surface area contributed by atoms with Gasteiger partial charge in [0, 0.05) is 18.2 Å². The molecule has 2 aromatic carbocycles. The second-order valence-electron chi connectivity index (χ2n) is 7.83. The number of rotatable bonds is 5. The molecule has 1 aliphatic heterocycles. The van der Waals surface area contributed by atoms with Crippen molar-refractivity contribution in [3.63, 3.8) is 0 Å². The molecule has 3 amide bonds. The van der Waals surface area contributed by atoms with Gasteiger partial charge in [-0.15, -0.1) is 0 Å². The molecule has 0 saturated carbocycles. The third-order valence-electron chi connectivity index (χ3n) is 5.37. The van der Waals surface area contributed by atoms with Gasteiger partial charge < -0.3 is 15.5 Å². The van der Waals surface area contributed by atoms with Gasteiger partial charge >= 0.3 is 0 Å². The van der Waals surface area contributed by atoms with Crippen molar-refractivity contribution in [2.45, 2.75) is 39.3 Å². The largest absolute Gasteiger partial charge is 0.325 e. The Balaban J connectivity index is 1.70. The van der Waals surface area contributed by atoms with Crippen molar-refractivity contribution in [2.24, 2.45) is 0 Å². The predicted molar refractivity (Wildman–Crippen MR) is 119 cm³/mol. The highest BCUT2D eigenvalue weighted by Crippen LogP contribution is 2.31. The number of carbonyl (C=O) groups is 3. The summed E-state index contributed by atoms with van der Waals surface area (Å²) in [6.45, 7) is 5.66. The van der Waals surface area contributed by atoms with Gasteiger partial charge in [-0.3, -0.25) is 19.3 Å². The van der Waals surface area contributed by atoms with Crippen molar-refractivity contribution in [2.75, 3.05) is 29.1 Å². The maximum absolute atomic E-state index is 13.2. The first kappa shape index (κ1) is 21.5. The minimum Gasteiger partial charge on any atom is -0.325 e. The summed E-state index contributed by atoms with van der Waals surface area (Å²) in [5, 5.41) is 5.74. The van der Waals surface area contributed by atoms with E-state index in [0.29, 0.717) is 11.4 Å². The molecule has 0 aliphatic carbocycles. The number of fused-ring (bicyclic) bond motifs is 1. The maximum Gasteiger partial charge on any atom is 0.241 e. The molecule has 7 heteroatoms. The zero-order valence-corrected chi connectivity index (χ0v) is 17.8. The molecule has 158 valence electrons. The van der Waals surface area contributed by atoms with Gasteiger partial charge in [-0.1, -0.05) is 29.8 Å². The van der Waals surface area contributed by atoms with Crippen LogP contribution in [0.15, 0.2) is 48.5 Å². The molecular weight excluding hydrogens is 380 g/mol. The Morgan fingerprint density at radius 1 is 1.20 bits per heavy atom. The van der Waals surface area contributed by atoms with E-state index in [1.165, 1.54) is 0 Å². The van der Waals surface area contributed by atoms with Crippen LogP contribution in [0.3, 0.4) is 0 Å². The normalized spacial score (nSPS) is 17.0. The fourth-order valence-electron chi connectivity index (χ4n) is 3.48. The summed E-state index contributed by atoms with van der Waals surface area (Å²) >= 11 is 0. The first-order chi connectivity index (χ1) is 14.3. The van der Waals surface area contributed by atoms with Gasteiger partial charge in [-0.25, -0.2) is 0 Å². The monoisotopic (exact) mass is 408 g/mol. The summed E-state index contributed by atoms with van der Waals surface area (Å²) in [5.74, 6) is -0.469. The van der Waals surface area contributed by atoms with Crippen molar-refractivity contribution in [1.29, 1.82) is 0 Å². The summed E-state index contributed by atoms with van der Waals surface area (Å²) in [6.07, 6.45) is 0.216. The Bertz CT molecular complexity index is 942. The lowest BCUT2D eigenvalue weighted by molar-refractivity contribution is -0.123. The second kappa shape index (κ2) is 9.09. The lowest BCUT2D eigenvalue weighted by Crippen LogP contribution is -2.48. The van der Waals surface area contributed by atoms with E-state index in [4.69, 9.17) is 0 Å². The summed E-state index contributed by atoms with van der Waals surface area (Å²) in [6, 6.07) is 14.0. The number of aryl methyl sites for hydroxylation is 1. The van der Waals surface area contributed by atoms with Crippen LogP contribution in [0.4, 0.5) is 17.1 Å². The van der Waals surface area contributed by atoms with Crippen molar-refractivity contribution in [3.8, 4) is 0 Å². The topological polar surface area (TPSA) is 81.8 Å². The van der Waals surface area contributed by atoms with Crippen LogP contribution in [0.2, 0.25) is 0 Å². The number of carbonyl (C=O) groups excluding carboxylic acids is 3. The molecule has 1 heterocycles. The number of benzene rings is 2. The van der Waals surface area contributed by atoms with Gasteiger partial charge in [0.05, 0.1) is 24.0 Å². The van der Waals surface area contributed by atoms with E-state index in [9.17, 15) is 14.4 Å². The molecule has 0 radical (unpaired) electrons. The molecule has 0 unspecified atom stereocenters. The van der Waals surface area contributed by atoms with Gasteiger partial charge in [0.2, 0.25) is 17.7 Å². The number of hydrogen-bond acceptors (Lipinski definition) is 4. The van der Waals surface area contributed by atoms with Crippen LogP contribution >= 0.6 is 0 Å². The number of hydrogen-bond donors (Lipinski definition) is 2. The number of nitrogens with one attached hydrogen (secondary N) is 2. The van der Waals surface area contributed by atoms with Crippen molar-refractivity contribution >= 4 is 34.8 Å². The number of anilines is 3. The van der Waals surface area contributed by atoms with E-state index in [1.807, 2.05) is 56.3 Å². The predicted octanol–water partition coefficient (Wildman–Crippen LogP) is 3.02. The van der Waals surface area contributed by atoms with Gasteiger partial charge in [-0.2, -0.15) is 0 Å². The number of likely N-dealkylation sites (N-methyl/N-ethyl adjacent to an activating group) is 1. The van der Waals surface area contributed by atoms with Crippen molar-refractivity contribution in [1.82, 2.24) is 4.90 Å². The number of nitrogens with zero attached hydrogens (tertiary/aromatic N) is 2. The van der Waals surface area contributed by atoms with E-state index >= 15 is 0 Å². The fourth-order valence-corrected chi connectivity index (χ4v) is 3.48. The first-order valence-corrected chi connectivity index (χ1v) is 10.0. The summed E-state index contributed by atoms with van der Waals surface area (Å²) in [5.41, 5.74) is 3.12. The van der Waals surface area contributed by atoms with E-state index < -0.39 is 6.04 Å². The summed E-state index contributed by atoms with van der Waals surface area (Å²) < 4.78 is 0. The van der Waals surface area contributed by atoms with Gasteiger partial charge in [0.1, 0.15) is 0 Å². The van der Waals surface area contributed by atoms with Gasteiger partial charge in [0.15, 0.2) is 0 Å². The van der Waals surface area contributed by atoms with E-state index in [2.05, 4.69) is 10.6 Å². The second-order valence-corrected chi connectivity index (χ2v) is 7.83. The summed E-state index contributed by atoms with van der Waals surface area (Å²) in [7, 11) is 1.75. The highest BCUT2D eigenvalue weighted by Gasteiger charge is 2.31. The van der Waals surface area contributed by atoms with Crippen LogP contribution in [0, 0.1) is 6.92 Å². The molecule has 1 aliphatic rings. The average molecular weight is 409 g/mol. The lowest BCUT2D eigenvalue weighted by atomic mass is 10.1. The van der Waals surface area contributed by atoms with Gasteiger partial charge in [-0.05, 0) is 52.1 Å². The van der Waals surface area contributed by atoms with Crippen LogP contribution in [0.5, 0.6) is 0 Å². The van der Waals surface area contributed by atoms with E-state index in [1.54, 1.807) is 29.8 Å². The molecule has 0 bridgehead atoms. The Labute approximate surface area is 177 Å². The molecule has 2 N–H and O–H groups in total. The molecule has 2 aromatic rings. The van der Waals surface area contributed by atoms with Crippen molar-refractivity contribution < 1.29 is 14.4 Å². The van der Waals surface area contributed by atoms with Crippen molar-refractivity contribution in [3.05, 3.63) is 54.1 Å². The standard InChI is InChI=1S/C23H28N4O3/c1-15-9-11-18(12-10-15)24-23(30)17(3)26(4)14-22(29)27-16(2)13-21(28)25-19-7-5-6-8-20(19)27/h5-12,16-17H,13-14H2,1-4H3,(H,24,30)(H,25,28)/t16-,17-/m1/s1. The molecule has 0 aromatic heterocycles. The first-order valence-electron chi connectivity index (χ1n) is 10.0. The molecule has 7 nitrogen and oxygen atoms in total. The Morgan fingerprint density at radius 2 is 1.87 bits per heavy atom. The van der Waals surface area contributed by atoms with Crippen LogP contribution in [0.1, 0.15) is 25.8 Å². The Kier molecular flexibility index (Phi) is 6.52. The van der Waals surface area contributed by atoms with Crippen LogP contribution < -0.4 is 15.5 Å². The van der Waals surface area contributed by atoms with E-state index in [-0.39, 0.29) is 36.7 Å².